The first-order valence-electron chi connectivity index (χ1n) is 7.53. The van der Waals surface area contributed by atoms with Crippen LogP contribution < -0.4 is 5.32 Å². The van der Waals surface area contributed by atoms with E-state index in [1.54, 1.807) is 0 Å². The van der Waals surface area contributed by atoms with E-state index in [0.717, 1.165) is 45.6 Å². The molecule has 1 N–H and O–H groups in total. The molecule has 1 aliphatic rings. The van der Waals surface area contributed by atoms with Gasteiger partial charge in [-0.05, 0) is 46.7 Å². The van der Waals surface area contributed by atoms with E-state index in [2.05, 4.69) is 24.1 Å². The van der Waals surface area contributed by atoms with E-state index in [1.807, 2.05) is 13.8 Å². The molecule has 118 valence electrons. The summed E-state index contributed by atoms with van der Waals surface area (Å²) in [4.78, 5) is 14.3. The third kappa shape index (κ3) is 5.04. The normalized spacial score (nSPS) is 22.2. The monoisotopic (exact) mass is 286 g/mol. The number of hydrogen-bond acceptors (Lipinski definition) is 5. The van der Waals surface area contributed by atoms with Crippen molar-refractivity contribution in [3.05, 3.63) is 0 Å². The first-order chi connectivity index (χ1) is 9.33. The number of ether oxygens (including phenoxy) is 2. The zero-order valence-electron chi connectivity index (χ0n) is 13.6. The summed E-state index contributed by atoms with van der Waals surface area (Å²) >= 11 is 0. The summed E-state index contributed by atoms with van der Waals surface area (Å²) in [6.07, 6.45) is 1.75. The van der Waals surface area contributed by atoms with Crippen molar-refractivity contribution < 1.29 is 14.3 Å². The van der Waals surface area contributed by atoms with Gasteiger partial charge < -0.3 is 14.8 Å². The molecule has 1 fully saturated rings. The molecule has 1 heterocycles. The van der Waals surface area contributed by atoms with Gasteiger partial charge >= 0.3 is 5.97 Å². The Hall–Kier alpha value is -0.650. The number of hydrogen-bond donors (Lipinski definition) is 1. The smallest absolute Gasteiger partial charge is 0.325 e. The Kier molecular flexibility index (Phi) is 6.43. The summed E-state index contributed by atoms with van der Waals surface area (Å²) in [5.74, 6) is -0.179. The molecule has 0 aliphatic carbocycles. The van der Waals surface area contributed by atoms with Crippen LogP contribution in [-0.4, -0.2) is 61.9 Å². The van der Waals surface area contributed by atoms with Gasteiger partial charge in [0.2, 0.25) is 0 Å². The summed E-state index contributed by atoms with van der Waals surface area (Å²) in [7, 11) is 1.45. The molecular formula is C15H30N2O3. The molecule has 0 radical (unpaired) electrons. The molecule has 0 spiro atoms. The fourth-order valence-electron chi connectivity index (χ4n) is 2.84. The molecule has 1 atom stereocenters. The highest BCUT2D eigenvalue weighted by atomic mass is 16.5. The van der Waals surface area contributed by atoms with E-state index in [-0.39, 0.29) is 11.6 Å². The van der Waals surface area contributed by atoms with Crippen LogP contribution in [0.4, 0.5) is 0 Å². The van der Waals surface area contributed by atoms with Gasteiger partial charge in [0.05, 0.1) is 19.3 Å². The Labute approximate surface area is 123 Å². The Morgan fingerprint density at radius 3 is 2.75 bits per heavy atom. The second kappa shape index (κ2) is 7.38. The van der Waals surface area contributed by atoms with E-state index in [0.29, 0.717) is 0 Å². The van der Waals surface area contributed by atoms with Gasteiger partial charge in [-0.25, -0.2) is 0 Å². The van der Waals surface area contributed by atoms with Crippen LogP contribution in [0, 0.1) is 0 Å². The predicted octanol–water partition coefficient (Wildman–Crippen LogP) is 1.42. The second-order valence-electron chi connectivity index (χ2n) is 6.34. The summed E-state index contributed by atoms with van der Waals surface area (Å²) in [5.41, 5.74) is -0.642. The maximum Gasteiger partial charge on any atom is 0.325 e. The van der Waals surface area contributed by atoms with Crippen LogP contribution in [0.5, 0.6) is 0 Å². The summed E-state index contributed by atoms with van der Waals surface area (Å²) in [6, 6.07) is 0. The second-order valence-corrected chi connectivity index (χ2v) is 6.34. The van der Waals surface area contributed by atoms with Gasteiger partial charge in [0.15, 0.2) is 0 Å². The van der Waals surface area contributed by atoms with Crippen molar-refractivity contribution in [3.8, 4) is 0 Å². The molecule has 0 aromatic rings. The highest BCUT2D eigenvalue weighted by Crippen LogP contribution is 2.19. The maximum absolute atomic E-state index is 11.9. The van der Waals surface area contributed by atoms with Gasteiger partial charge in [-0.3, -0.25) is 9.69 Å². The Morgan fingerprint density at radius 1 is 1.50 bits per heavy atom. The van der Waals surface area contributed by atoms with Gasteiger partial charge in [-0.1, -0.05) is 6.92 Å². The zero-order valence-corrected chi connectivity index (χ0v) is 13.6. The molecule has 1 aliphatic heterocycles. The molecule has 0 amide bonds. The first-order valence-corrected chi connectivity index (χ1v) is 7.53. The standard InChI is InChI=1S/C15H30N2O3/c1-6-16-15(4,13(18)19-5)8-7-9-17-10-11-20-14(2,3)12-17/h16H,6-12H2,1-5H3. The van der Waals surface area contributed by atoms with Gasteiger partial charge in [-0.15, -0.1) is 0 Å². The van der Waals surface area contributed by atoms with Crippen LogP contribution in [0.15, 0.2) is 0 Å². The maximum atomic E-state index is 11.9. The van der Waals surface area contributed by atoms with Gasteiger partial charge in [0, 0.05) is 13.1 Å². The lowest BCUT2D eigenvalue weighted by atomic mass is 9.95. The Balaban J connectivity index is 2.42. The summed E-state index contributed by atoms with van der Waals surface area (Å²) in [6.45, 7) is 12.6. The third-order valence-electron chi connectivity index (χ3n) is 3.86. The quantitative estimate of drug-likeness (QED) is 0.717. The summed E-state index contributed by atoms with van der Waals surface area (Å²) in [5, 5.41) is 3.25. The molecule has 1 unspecified atom stereocenters. The van der Waals surface area contributed by atoms with E-state index in [1.165, 1.54) is 7.11 Å². The average molecular weight is 286 g/mol. The molecule has 0 saturated carbocycles. The van der Waals surface area contributed by atoms with Gasteiger partial charge in [0.1, 0.15) is 5.54 Å². The van der Waals surface area contributed by atoms with Crippen molar-refractivity contribution in [1.29, 1.82) is 0 Å². The first kappa shape index (κ1) is 17.4. The molecule has 1 rings (SSSR count). The lowest BCUT2D eigenvalue weighted by Crippen LogP contribution is -2.51. The van der Waals surface area contributed by atoms with Crippen LogP contribution in [0.2, 0.25) is 0 Å². The Morgan fingerprint density at radius 2 is 2.20 bits per heavy atom. The van der Waals surface area contributed by atoms with Crippen molar-refractivity contribution in [2.24, 2.45) is 0 Å². The number of esters is 1. The predicted molar refractivity (Wildman–Crippen MR) is 79.8 cm³/mol. The zero-order chi connectivity index (χ0) is 15.2. The highest BCUT2D eigenvalue weighted by molar-refractivity contribution is 5.80. The number of methoxy groups -OCH3 is 1. The van der Waals surface area contributed by atoms with Crippen molar-refractivity contribution >= 4 is 5.97 Å². The fourth-order valence-corrected chi connectivity index (χ4v) is 2.84. The highest BCUT2D eigenvalue weighted by Gasteiger charge is 2.33. The van der Waals surface area contributed by atoms with Crippen molar-refractivity contribution in [1.82, 2.24) is 10.2 Å². The molecule has 0 bridgehead atoms. The van der Waals surface area contributed by atoms with E-state index in [9.17, 15) is 4.79 Å². The van der Waals surface area contributed by atoms with Crippen molar-refractivity contribution in [2.45, 2.75) is 51.7 Å². The van der Waals surface area contributed by atoms with Crippen LogP contribution in [0.25, 0.3) is 0 Å². The molecule has 20 heavy (non-hydrogen) atoms. The lowest BCUT2D eigenvalue weighted by Gasteiger charge is -2.38. The fraction of sp³-hybridized carbons (Fsp3) is 0.933. The Bertz CT molecular complexity index is 320. The van der Waals surface area contributed by atoms with Crippen LogP contribution in [0.3, 0.4) is 0 Å². The van der Waals surface area contributed by atoms with E-state index < -0.39 is 5.54 Å². The molecule has 1 saturated heterocycles. The van der Waals surface area contributed by atoms with E-state index >= 15 is 0 Å². The van der Waals surface area contributed by atoms with Gasteiger partial charge in [0.25, 0.3) is 0 Å². The minimum Gasteiger partial charge on any atom is -0.468 e. The number of likely N-dealkylation sites (N-methyl/N-ethyl adjacent to an activating group) is 1. The number of carbonyl (C=O) groups is 1. The molecule has 5 nitrogen and oxygen atoms in total. The minimum absolute atomic E-state index is 0.0639. The minimum atomic E-state index is -0.578. The summed E-state index contributed by atoms with van der Waals surface area (Å²) < 4.78 is 10.6. The lowest BCUT2D eigenvalue weighted by molar-refractivity contribution is -0.148. The van der Waals surface area contributed by atoms with Crippen LogP contribution >= 0.6 is 0 Å². The largest absolute Gasteiger partial charge is 0.468 e. The van der Waals surface area contributed by atoms with Crippen molar-refractivity contribution in [2.75, 3.05) is 39.9 Å². The van der Waals surface area contributed by atoms with Crippen LogP contribution in [0.1, 0.15) is 40.5 Å². The van der Waals surface area contributed by atoms with Crippen molar-refractivity contribution in [3.63, 3.8) is 0 Å². The molecule has 0 aromatic heterocycles. The number of carbonyl (C=O) groups excluding carboxylic acids is 1. The number of nitrogens with one attached hydrogen (secondary N) is 1. The SMILES string of the molecule is CCNC(C)(CCCN1CCOC(C)(C)C1)C(=O)OC. The molecule has 0 aromatic carbocycles. The molecule has 5 heteroatoms. The average Bonchev–Trinajstić information content (AvgIpc) is 2.37. The molecular weight excluding hydrogens is 256 g/mol. The van der Waals surface area contributed by atoms with Crippen LogP contribution in [-0.2, 0) is 14.3 Å². The number of rotatable bonds is 7. The third-order valence-corrected chi connectivity index (χ3v) is 3.86. The van der Waals surface area contributed by atoms with Gasteiger partial charge in [-0.2, -0.15) is 0 Å². The topological polar surface area (TPSA) is 50.8 Å². The van der Waals surface area contributed by atoms with E-state index in [4.69, 9.17) is 9.47 Å². The number of morpholine rings is 1. The number of nitrogens with zero attached hydrogens (tertiary/aromatic N) is 1.